The average Bonchev–Trinajstić information content (AvgIpc) is 2.81. The van der Waals surface area contributed by atoms with Gasteiger partial charge in [0.2, 0.25) is 11.7 Å². The Morgan fingerprint density at radius 2 is 2.06 bits per heavy atom. The molecule has 1 fully saturated rings. The number of hydrogen-bond acceptors (Lipinski definition) is 7. The molecule has 1 aromatic heterocycles. The van der Waals surface area contributed by atoms with Gasteiger partial charge in [-0.15, -0.1) is 0 Å². The molecule has 32 heavy (non-hydrogen) atoms. The van der Waals surface area contributed by atoms with Crippen molar-refractivity contribution in [2.75, 3.05) is 31.6 Å². The molecule has 0 bridgehead atoms. The predicted octanol–water partition coefficient (Wildman–Crippen LogP) is 2.76. The van der Waals surface area contributed by atoms with Crippen LogP contribution in [0.5, 0.6) is 5.75 Å². The van der Waals surface area contributed by atoms with Gasteiger partial charge < -0.3 is 25.8 Å². The van der Waals surface area contributed by atoms with Gasteiger partial charge in [0.05, 0.1) is 43.2 Å². The first kappa shape index (κ1) is 22.6. The molecule has 9 nitrogen and oxygen atoms in total. The van der Waals surface area contributed by atoms with Gasteiger partial charge in [0.1, 0.15) is 11.4 Å². The van der Waals surface area contributed by atoms with Gasteiger partial charge in [-0.3, -0.25) is 9.78 Å². The number of guanidine groups is 1. The van der Waals surface area contributed by atoms with E-state index in [9.17, 15) is 14.3 Å². The number of anilines is 2. The van der Waals surface area contributed by atoms with Crippen LogP contribution in [0.15, 0.2) is 76.9 Å². The lowest BCUT2D eigenvalue weighted by atomic mass is 10.2. The minimum absolute atomic E-state index is 0.130. The number of morpholine rings is 1. The number of nitrogens with zero attached hydrogens (tertiary/aromatic N) is 4. The predicted molar refractivity (Wildman–Crippen MR) is 121 cm³/mol. The second-order valence-corrected chi connectivity index (χ2v) is 6.74. The van der Waals surface area contributed by atoms with Crippen LogP contribution in [-0.2, 0) is 4.74 Å². The van der Waals surface area contributed by atoms with E-state index in [1.54, 1.807) is 35.2 Å². The molecule has 0 unspecified atom stereocenters. The number of ketones is 1. The molecule has 0 spiro atoms. The molecule has 0 saturated carbocycles. The lowest BCUT2D eigenvalue weighted by Gasteiger charge is -2.29. The minimum Gasteiger partial charge on any atom is -0.508 e. The Balaban J connectivity index is 1.57. The number of aromatic nitrogens is 1. The summed E-state index contributed by atoms with van der Waals surface area (Å²) in [6, 6.07) is 9.77. The highest BCUT2D eigenvalue weighted by Crippen LogP contribution is 2.20. The Labute approximate surface area is 184 Å². The van der Waals surface area contributed by atoms with E-state index in [1.807, 2.05) is 0 Å². The lowest BCUT2D eigenvalue weighted by molar-refractivity contribution is 0.0537. The number of nitrogens with one attached hydrogen (secondary N) is 1. The van der Waals surface area contributed by atoms with Crippen molar-refractivity contribution in [2.24, 2.45) is 15.7 Å². The minimum atomic E-state index is -0.645. The zero-order valence-electron chi connectivity index (χ0n) is 17.2. The molecule has 0 aliphatic carbocycles. The van der Waals surface area contributed by atoms with Crippen molar-refractivity contribution < 1.29 is 19.0 Å². The van der Waals surface area contributed by atoms with Gasteiger partial charge in [0.15, 0.2) is 5.83 Å². The Morgan fingerprint density at radius 3 is 2.75 bits per heavy atom. The summed E-state index contributed by atoms with van der Waals surface area (Å²) in [6.45, 7) is 5.80. The van der Waals surface area contributed by atoms with Gasteiger partial charge in [-0.25, -0.2) is 14.4 Å². The molecular formula is C22H23FN6O3. The van der Waals surface area contributed by atoms with Crippen molar-refractivity contribution in [2.45, 2.75) is 0 Å². The Bertz CT molecular complexity index is 1060. The van der Waals surface area contributed by atoms with Crippen molar-refractivity contribution in [3.05, 3.63) is 72.6 Å². The van der Waals surface area contributed by atoms with E-state index in [4.69, 9.17) is 10.5 Å². The maximum atomic E-state index is 14.2. The SMILES string of the molecule is C=C(\C(F)=C/N=C(N)/N=C/C(=O)c1ccc(Nc2cccc(O)c2)cn1)N1CCOCC1. The summed E-state index contributed by atoms with van der Waals surface area (Å²) in [5.41, 5.74) is 7.26. The number of halogens is 1. The van der Waals surface area contributed by atoms with Crippen LogP contribution >= 0.6 is 0 Å². The number of phenolic OH excluding ortho intramolecular Hbond substituents is 1. The van der Waals surface area contributed by atoms with Gasteiger partial charge in [-0.05, 0) is 24.3 Å². The maximum Gasteiger partial charge on any atom is 0.222 e. The first-order valence-corrected chi connectivity index (χ1v) is 9.74. The van der Waals surface area contributed by atoms with E-state index in [2.05, 4.69) is 26.9 Å². The number of phenols is 1. The zero-order chi connectivity index (χ0) is 22.9. The quantitative estimate of drug-likeness (QED) is 0.263. The van der Waals surface area contributed by atoms with Crippen LogP contribution in [0.1, 0.15) is 10.5 Å². The number of Topliss-reactive ketones (excluding diaryl/α,β-unsaturated/α-hetero) is 1. The largest absolute Gasteiger partial charge is 0.508 e. The number of benzene rings is 1. The molecule has 1 aliphatic heterocycles. The van der Waals surface area contributed by atoms with Crippen molar-refractivity contribution in [1.29, 1.82) is 0 Å². The molecule has 2 heterocycles. The Hall–Kier alpha value is -4.05. The smallest absolute Gasteiger partial charge is 0.222 e. The molecule has 0 amide bonds. The molecule has 2 aromatic rings. The van der Waals surface area contributed by atoms with E-state index < -0.39 is 11.6 Å². The number of aliphatic imine (C=N–C) groups is 2. The van der Waals surface area contributed by atoms with E-state index in [0.717, 1.165) is 12.4 Å². The Morgan fingerprint density at radius 1 is 1.28 bits per heavy atom. The van der Waals surface area contributed by atoms with Crippen molar-refractivity contribution in [1.82, 2.24) is 9.88 Å². The van der Waals surface area contributed by atoms with Crippen LogP contribution in [0, 0.1) is 0 Å². The van der Waals surface area contributed by atoms with E-state index in [0.29, 0.717) is 37.7 Å². The fraction of sp³-hybridized carbons (Fsp3) is 0.182. The first-order chi connectivity index (χ1) is 15.4. The van der Waals surface area contributed by atoms with Crippen molar-refractivity contribution in [3.8, 4) is 5.75 Å². The summed E-state index contributed by atoms with van der Waals surface area (Å²) in [5.74, 6) is -1.29. The number of rotatable bonds is 7. The van der Waals surface area contributed by atoms with Crippen LogP contribution in [-0.4, -0.2) is 59.3 Å². The first-order valence-electron chi connectivity index (χ1n) is 9.74. The van der Waals surface area contributed by atoms with E-state index in [1.165, 1.54) is 12.3 Å². The number of hydrogen-bond donors (Lipinski definition) is 3. The number of allylic oxidation sites excluding steroid dienone is 1. The average molecular weight is 438 g/mol. The van der Waals surface area contributed by atoms with E-state index in [-0.39, 0.29) is 23.1 Å². The fourth-order valence-electron chi connectivity index (χ4n) is 2.77. The lowest BCUT2D eigenvalue weighted by Crippen LogP contribution is -2.35. The summed E-state index contributed by atoms with van der Waals surface area (Å²) < 4.78 is 19.4. The second kappa shape index (κ2) is 10.8. The van der Waals surface area contributed by atoms with Crippen LogP contribution in [0.25, 0.3) is 0 Å². The summed E-state index contributed by atoms with van der Waals surface area (Å²) in [6.07, 6.45) is 3.35. The van der Waals surface area contributed by atoms with Gasteiger partial charge in [-0.1, -0.05) is 12.6 Å². The highest BCUT2D eigenvalue weighted by Gasteiger charge is 2.15. The second-order valence-electron chi connectivity index (χ2n) is 6.74. The molecule has 10 heteroatoms. The third kappa shape index (κ3) is 6.47. The summed E-state index contributed by atoms with van der Waals surface area (Å²) >= 11 is 0. The van der Waals surface area contributed by atoms with Crippen LogP contribution in [0.2, 0.25) is 0 Å². The number of nitrogens with two attached hydrogens (primary N) is 1. The number of pyridine rings is 1. The topological polar surface area (TPSA) is 125 Å². The van der Waals surface area contributed by atoms with Gasteiger partial charge >= 0.3 is 0 Å². The van der Waals surface area contributed by atoms with Crippen LogP contribution in [0.4, 0.5) is 15.8 Å². The van der Waals surface area contributed by atoms with Gasteiger partial charge in [0, 0.05) is 24.8 Å². The molecule has 0 radical (unpaired) electrons. The maximum absolute atomic E-state index is 14.2. The Kier molecular flexibility index (Phi) is 7.65. The number of carbonyl (C=O) groups excluding carboxylic acids is 1. The zero-order valence-corrected chi connectivity index (χ0v) is 17.2. The third-order valence-corrected chi connectivity index (χ3v) is 4.44. The molecule has 3 rings (SSSR count). The summed E-state index contributed by atoms with van der Waals surface area (Å²) in [5, 5.41) is 12.6. The van der Waals surface area contributed by atoms with Gasteiger partial charge in [0.25, 0.3) is 0 Å². The van der Waals surface area contributed by atoms with Gasteiger partial charge in [-0.2, -0.15) is 0 Å². The highest BCUT2D eigenvalue weighted by atomic mass is 19.1. The third-order valence-electron chi connectivity index (χ3n) is 4.44. The van der Waals surface area contributed by atoms with Crippen molar-refractivity contribution >= 4 is 29.3 Å². The fourth-order valence-corrected chi connectivity index (χ4v) is 2.77. The standard InChI is InChI=1S/C22H23FN6O3/c1-15(29-7-9-32-10-8-29)19(23)13-26-22(24)27-14-21(31)20-6-5-17(12-25-20)28-16-3-2-4-18(30)11-16/h2-6,11-14,28,30H,1,7-10H2,(H2,24,26)/b19-13+,27-14+. The molecule has 166 valence electrons. The van der Waals surface area contributed by atoms with Crippen LogP contribution < -0.4 is 11.1 Å². The summed E-state index contributed by atoms with van der Waals surface area (Å²) in [4.78, 5) is 25.5. The molecular weight excluding hydrogens is 415 g/mol. The monoisotopic (exact) mass is 438 g/mol. The van der Waals surface area contributed by atoms with Crippen molar-refractivity contribution in [3.63, 3.8) is 0 Å². The van der Waals surface area contributed by atoms with E-state index >= 15 is 0 Å². The molecule has 1 aliphatic rings. The number of aromatic hydroxyl groups is 1. The highest BCUT2D eigenvalue weighted by molar-refractivity contribution is 6.36. The number of ether oxygens (including phenoxy) is 1. The summed E-state index contributed by atoms with van der Waals surface area (Å²) in [7, 11) is 0. The molecule has 1 saturated heterocycles. The number of carbonyl (C=O) groups is 1. The van der Waals surface area contributed by atoms with Crippen LogP contribution in [0.3, 0.4) is 0 Å². The molecule has 1 aromatic carbocycles. The molecule has 4 N–H and O–H groups in total. The normalized spacial score (nSPS) is 15.1. The molecule has 0 atom stereocenters.